The molecular formula is C9H13Br2N. The number of halogens is 2. The largest absolute Gasteiger partial charge is 0.345 e. The van der Waals surface area contributed by atoms with Crippen molar-refractivity contribution in [2.24, 2.45) is 0 Å². The minimum Gasteiger partial charge on any atom is -0.345 e. The molecule has 0 aromatic rings. The predicted molar refractivity (Wildman–Crippen MR) is 60.5 cm³/mol. The lowest BCUT2D eigenvalue weighted by Gasteiger charge is -2.41. The summed E-state index contributed by atoms with van der Waals surface area (Å²) in [5, 5.41) is 0. The zero-order chi connectivity index (χ0) is 9.35. The summed E-state index contributed by atoms with van der Waals surface area (Å²) in [6, 6.07) is 0. The normalized spacial score (nSPS) is 24.2. The molecule has 0 saturated carbocycles. The lowest BCUT2D eigenvalue weighted by Crippen LogP contribution is -2.43. The van der Waals surface area contributed by atoms with Gasteiger partial charge in [-0.15, -0.1) is 0 Å². The second-order valence-corrected chi connectivity index (χ2v) is 5.54. The van der Waals surface area contributed by atoms with Crippen molar-refractivity contribution in [1.82, 2.24) is 4.90 Å². The van der Waals surface area contributed by atoms with Crippen LogP contribution in [0.2, 0.25) is 0 Å². The lowest BCUT2D eigenvalue weighted by molar-refractivity contribution is 0.207. The van der Waals surface area contributed by atoms with Crippen molar-refractivity contribution < 1.29 is 0 Å². The molecule has 68 valence electrons. The number of rotatable bonds is 0. The molecule has 0 saturated heterocycles. The van der Waals surface area contributed by atoms with E-state index >= 15 is 0 Å². The maximum Gasteiger partial charge on any atom is 0.104 e. The predicted octanol–water partition coefficient (Wildman–Crippen LogP) is 3.61. The Kier molecular flexibility index (Phi) is 3.05. The molecule has 1 unspecified atom stereocenters. The van der Waals surface area contributed by atoms with Gasteiger partial charge in [0.1, 0.15) is 4.95 Å². The van der Waals surface area contributed by atoms with E-state index in [-0.39, 0.29) is 10.5 Å². The first-order valence-corrected chi connectivity index (χ1v) is 5.61. The topological polar surface area (TPSA) is 3.24 Å². The van der Waals surface area contributed by atoms with Crippen LogP contribution >= 0.6 is 31.9 Å². The van der Waals surface area contributed by atoms with E-state index in [1.54, 1.807) is 0 Å². The summed E-state index contributed by atoms with van der Waals surface area (Å²) in [6.45, 7) is 6.57. The van der Waals surface area contributed by atoms with E-state index < -0.39 is 0 Å². The van der Waals surface area contributed by atoms with E-state index in [0.717, 1.165) is 4.61 Å². The van der Waals surface area contributed by atoms with Crippen LogP contribution in [0.5, 0.6) is 0 Å². The van der Waals surface area contributed by atoms with Gasteiger partial charge < -0.3 is 4.90 Å². The second-order valence-electron chi connectivity index (χ2n) is 3.79. The highest BCUT2D eigenvalue weighted by atomic mass is 79.9. The molecule has 1 nitrogen and oxygen atoms in total. The summed E-state index contributed by atoms with van der Waals surface area (Å²) >= 11 is 7.14. The van der Waals surface area contributed by atoms with Crippen LogP contribution in [0.25, 0.3) is 0 Å². The van der Waals surface area contributed by atoms with Crippen LogP contribution in [0.3, 0.4) is 0 Å². The van der Waals surface area contributed by atoms with Gasteiger partial charge >= 0.3 is 0 Å². The highest BCUT2D eigenvalue weighted by Gasteiger charge is 2.27. The Labute approximate surface area is 90.8 Å². The van der Waals surface area contributed by atoms with Gasteiger partial charge in [0.05, 0.1) is 4.61 Å². The molecule has 0 fully saturated rings. The van der Waals surface area contributed by atoms with Crippen molar-refractivity contribution in [1.29, 1.82) is 0 Å². The molecule has 0 aromatic carbocycles. The molecule has 1 aliphatic heterocycles. The van der Waals surface area contributed by atoms with Crippen LogP contribution < -0.4 is 0 Å². The van der Waals surface area contributed by atoms with Crippen LogP contribution in [0, 0.1) is 0 Å². The minimum atomic E-state index is 0.133. The standard InChI is InChI=1S/C9H13Br2N/c1-9(2,3)12-7(10)5-4-6-8(12)11/h4-7H,1-3H3. The van der Waals surface area contributed by atoms with Gasteiger partial charge in [-0.2, -0.15) is 0 Å². The van der Waals surface area contributed by atoms with Gasteiger partial charge in [-0.1, -0.05) is 28.1 Å². The lowest BCUT2D eigenvalue weighted by atomic mass is 10.1. The Hall–Kier alpha value is 0.240. The van der Waals surface area contributed by atoms with E-state index in [9.17, 15) is 0 Å². The molecule has 12 heavy (non-hydrogen) atoms. The average molecular weight is 295 g/mol. The third kappa shape index (κ3) is 2.13. The first-order chi connectivity index (χ1) is 5.43. The molecule has 0 amide bonds. The number of nitrogens with zero attached hydrogens (tertiary/aromatic N) is 1. The molecule has 0 aliphatic carbocycles. The summed E-state index contributed by atoms with van der Waals surface area (Å²) in [5.41, 5.74) is 0.133. The van der Waals surface area contributed by atoms with Gasteiger partial charge in [0.2, 0.25) is 0 Å². The van der Waals surface area contributed by atoms with Gasteiger partial charge in [0.15, 0.2) is 0 Å². The molecule has 0 aromatic heterocycles. The third-order valence-electron chi connectivity index (χ3n) is 1.70. The summed E-state index contributed by atoms with van der Waals surface area (Å²) < 4.78 is 1.12. The van der Waals surface area contributed by atoms with E-state index in [2.05, 4.69) is 69.7 Å². The summed E-state index contributed by atoms with van der Waals surface area (Å²) in [7, 11) is 0. The number of hydrogen-bond acceptors (Lipinski definition) is 1. The monoisotopic (exact) mass is 293 g/mol. The summed E-state index contributed by atoms with van der Waals surface area (Å²) in [4.78, 5) is 2.56. The molecule has 3 heteroatoms. The zero-order valence-corrected chi connectivity index (χ0v) is 10.7. The molecule has 1 aliphatic rings. The van der Waals surface area contributed by atoms with Crippen molar-refractivity contribution in [3.05, 3.63) is 22.8 Å². The minimum absolute atomic E-state index is 0.133. The molecule has 0 spiro atoms. The van der Waals surface area contributed by atoms with Crippen molar-refractivity contribution >= 4 is 31.9 Å². The first-order valence-electron chi connectivity index (χ1n) is 3.90. The number of alkyl halides is 1. The van der Waals surface area contributed by atoms with Gasteiger partial charge in [0.25, 0.3) is 0 Å². The van der Waals surface area contributed by atoms with Gasteiger partial charge in [-0.05, 0) is 42.8 Å². The van der Waals surface area contributed by atoms with Crippen molar-refractivity contribution in [3.63, 3.8) is 0 Å². The Morgan fingerprint density at radius 1 is 1.42 bits per heavy atom. The SMILES string of the molecule is CC(C)(C)N1C(Br)=CC=CC1Br. The average Bonchev–Trinajstić information content (AvgIpc) is 1.82. The molecule has 1 heterocycles. The van der Waals surface area contributed by atoms with Crippen LogP contribution in [0.15, 0.2) is 22.8 Å². The van der Waals surface area contributed by atoms with E-state index in [4.69, 9.17) is 0 Å². The summed E-state index contributed by atoms with van der Waals surface area (Å²) in [5.74, 6) is 0. The first kappa shape index (κ1) is 10.3. The summed E-state index contributed by atoms with van der Waals surface area (Å²) in [6.07, 6.45) is 6.23. The van der Waals surface area contributed by atoms with Crippen LogP contribution in [-0.2, 0) is 0 Å². The highest BCUT2D eigenvalue weighted by Crippen LogP contribution is 2.32. The molecule has 0 N–H and O–H groups in total. The molecule has 0 bridgehead atoms. The molecule has 0 radical (unpaired) electrons. The number of allylic oxidation sites excluding steroid dienone is 2. The van der Waals surface area contributed by atoms with E-state index in [1.807, 2.05) is 6.08 Å². The maximum atomic E-state index is 3.60. The van der Waals surface area contributed by atoms with Crippen LogP contribution in [0.1, 0.15) is 20.8 Å². The Bertz CT molecular complexity index is 225. The van der Waals surface area contributed by atoms with Crippen LogP contribution in [-0.4, -0.2) is 15.4 Å². The van der Waals surface area contributed by atoms with Gasteiger partial charge in [-0.25, -0.2) is 0 Å². The van der Waals surface area contributed by atoms with Crippen molar-refractivity contribution in [2.45, 2.75) is 31.3 Å². The fraction of sp³-hybridized carbons (Fsp3) is 0.556. The molecule has 1 rings (SSSR count). The second kappa shape index (κ2) is 3.54. The van der Waals surface area contributed by atoms with Gasteiger partial charge in [-0.3, -0.25) is 0 Å². The van der Waals surface area contributed by atoms with Gasteiger partial charge in [0, 0.05) is 5.54 Å². The maximum absolute atomic E-state index is 3.60. The molecule has 1 atom stereocenters. The van der Waals surface area contributed by atoms with E-state index in [0.29, 0.717) is 0 Å². The Balaban J connectivity index is 2.90. The zero-order valence-electron chi connectivity index (χ0n) is 7.51. The van der Waals surface area contributed by atoms with Crippen molar-refractivity contribution in [2.75, 3.05) is 0 Å². The van der Waals surface area contributed by atoms with E-state index in [1.165, 1.54) is 0 Å². The fourth-order valence-corrected chi connectivity index (χ4v) is 3.39. The highest BCUT2D eigenvalue weighted by molar-refractivity contribution is 9.12. The Morgan fingerprint density at radius 2 is 2.00 bits per heavy atom. The van der Waals surface area contributed by atoms with Crippen LogP contribution in [0.4, 0.5) is 0 Å². The number of hydrogen-bond donors (Lipinski definition) is 0. The fourth-order valence-electron chi connectivity index (χ4n) is 1.20. The smallest absolute Gasteiger partial charge is 0.104 e. The third-order valence-corrected chi connectivity index (χ3v) is 3.06. The Morgan fingerprint density at radius 3 is 2.33 bits per heavy atom. The molecular weight excluding hydrogens is 282 g/mol. The quantitative estimate of drug-likeness (QED) is 0.487. The van der Waals surface area contributed by atoms with Crippen molar-refractivity contribution in [3.8, 4) is 0 Å².